The first-order valence-corrected chi connectivity index (χ1v) is 7.31. The van der Waals surface area contributed by atoms with Crippen molar-refractivity contribution in [2.75, 3.05) is 5.75 Å². The molecule has 1 aromatic rings. The molecule has 0 bridgehead atoms. The van der Waals surface area contributed by atoms with Crippen molar-refractivity contribution in [1.29, 1.82) is 0 Å². The number of hydrogen-bond acceptors (Lipinski definition) is 3. The summed E-state index contributed by atoms with van der Waals surface area (Å²) >= 11 is 2.07. The Morgan fingerprint density at radius 1 is 1.38 bits per heavy atom. The first kappa shape index (κ1) is 10.7. The zero-order chi connectivity index (χ0) is 11.0. The molecule has 0 aliphatic carbocycles. The second-order valence-corrected chi connectivity index (χ2v) is 6.19. The highest BCUT2D eigenvalue weighted by Crippen LogP contribution is 2.38. The van der Waals surface area contributed by atoms with Crippen LogP contribution in [0.2, 0.25) is 0 Å². The predicted molar refractivity (Wildman–Crippen MR) is 67.6 cm³/mol. The number of hydrogen-bond donors (Lipinski definition) is 1. The van der Waals surface area contributed by atoms with Gasteiger partial charge in [0.2, 0.25) is 0 Å². The summed E-state index contributed by atoms with van der Waals surface area (Å²) in [4.78, 5) is 4.79. The second kappa shape index (κ2) is 4.41. The highest BCUT2D eigenvalue weighted by Gasteiger charge is 2.23. The van der Waals surface area contributed by atoms with Crippen LogP contribution in [0.1, 0.15) is 42.5 Å². The van der Waals surface area contributed by atoms with Crippen molar-refractivity contribution in [3.05, 3.63) is 17.7 Å². The van der Waals surface area contributed by atoms with Gasteiger partial charge in [0.1, 0.15) is 5.82 Å². The van der Waals surface area contributed by atoms with Gasteiger partial charge < -0.3 is 10.3 Å². The molecule has 16 heavy (non-hydrogen) atoms. The summed E-state index contributed by atoms with van der Waals surface area (Å²) in [6.07, 6.45) is 8.36. The zero-order valence-electron chi connectivity index (χ0n) is 9.56. The van der Waals surface area contributed by atoms with Gasteiger partial charge in [0.25, 0.3) is 0 Å². The molecule has 88 valence electrons. The summed E-state index contributed by atoms with van der Waals surface area (Å²) in [6.45, 7) is 1.06. The smallest absolute Gasteiger partial charge is 0.110 e. The van der Waals surface area contributed by atoms with Gasteiger partial charge in [0.05, 0.1) is 5.69 Å². The van der Waals surface area contributed by atoms with E-state index in [4.69, 9.17) is 10.7 Å². The van der Waals surface area contributed by atoms with Gasteiger partial charge in [-0.25, -0.2) is 4.98 Å². The molecule has 2 N–H and O–H groups in total. The Hall–Kier alpha value is -0.480. The molecule has 0 spiro atoms. The van der Waals surface area contributed by atoms with E-state index in [9.17, 15) is 0 Å². The van der Waals surface area contributed by atoms with Crippen LogP contribution in [0.5, 0.6) is 0 Å². The van der Waals surface area contributed by atoms with E-state index in [1.807, 2.05) is 0 Å². The first-order valence-electron chi connectivity index (χ1n) is 6.26. The number of aromatic nitrogens is 2. The van der Waals surface area contributed by atoms with Gasteiger partial charge >= 0.3 is 0 Å². The maximum atomic E-state index is 5.98. The first-order chi connectivity index (χ1) is 7.83. The molecule has 0 aromatic carbocycles. The van der Waals surface area contributed by atoms with Crippen LogP contribution in [-0.2, 0) is 13.0 Å². The van der Waals surface area contributed by atoms with Crippen molar-refractivity contribution in [1.82, 2.24) is 9.55 Å². The van der Waals surface area contributed by atoms with Crippen LogP contribution in [0, 0.1) is 0 Å². The van der Waals surface area contributed by atoms with Gasteiger partial charge in [-0.05, 0) is 25.0 Å². The quantitative estimate of drug-likeness (QED) is 0.813. The van der Waals surface area contributed by atoms with Crippen LogP contribution < -0.4 is 5.73 Å². The minimum atomic E-state index is 0.321. The van der Waals surface area contributed by atoms with Crippen LogP contribution >= 0.6 is 11.8 Å². The van der Waals surface area contributed by atoms with E-state index in [-0.39, 0.29) is 0 Å². The van der Waals surface area contributed by atoms with Gasteiger partial charge in [0.15, 0.2) is 0 Å². The van der Waals surface area contributed by atoms with Crippen molar-refractivity contribution in [3.8, 4) is 0 Å². The van der Waals surface area contributed by atoms with Gasteiger partial charge in [-0.1, -0.05) is 6.42 Å². The molecule has 1 saturated heterocycles. The molecule has 4 heteroatoms. The van der Waals surface area contributed by atoms with E-state index in [2.05, 4.69) is 22.5 Å². The van der Waals surface area contributed by atoms with Crippen LogP contribution in [-0.4, -0.2) is 21.3 Å². The van der Waals surface area contributed by atoms with E-state index in [1.165, 1.54) is 36.5 Å². The molecule has 3 heterocycles. The average molecular weight is 237 g/mol. The lowest BCUT2D eigenvalue weighted by molar-refractivity contribution is 0.463. The van der Waals surface area contributed by atoms with Crippen LogP contribution in [0.25, 0.3) is 0 Å². The molecular formula is C12H19N3S. The number of thioether (sulfide) groups is 1. The van der Waals surface area contributed by atoms with Crippen molar-refractivity contribution in [2.24, 2.45) is 5.73 Å². The molecular weight excluding hydrogens is 218 g/mol. The fraction of sp³-hybridized carbons (Fsp3) is 0.750. The minimum Gasteiger partial charge on any atom is -0.334 e. The zero-order valence-corrected chi connectivity index (χ0v) is 10.4. The van der Waals surface area contributed by atoms with Crippen LogP contribution in [0.15, 0.2) is 6.20 Å². The summed E-state index contributed by atoms with van der Waals surface area (Å²) in [7, 11) is 0. The maximum Gasteiger partial charge on any atom is 0.110 e. The number of fused-ring (bicyclic) bond motifs is 1. The molecule has 2 aliphatic heterocycles. The Kier molecular flexibility index (Phi) is 2.94. The average Bonchev–Trinajstić information content (AvgIpc) is 2.73. The number of rotatable bonds is 1. The number of aryl methyl sites for hydroxylation is 1. The Morgan fingerprint density at radius 2 is 2.31 bits per heavy atom. The predicted octanol–water partition coefficient (Wildman–Crippen LogP) is 2.11. The molecule has 0 amide bonds. The molecule has 3 rings (SSSR count). The van der Waals surface area contributed by atoms with Crippen molar-refractivity contribution in [3.63, 3.8) is 0 Å². The Morgan fingerprint density at radius 3 is 3.12 bits per heavy atom. The van der Waals surface area contributed by atoms with E-state index < -0.39 is 0 Å². The molecule has 0 saturated carbocycles. The number of nitrogens with zero attached hydrogens (tertiary/aromatic N) is 2. The van der Waals surface area contributed by atoms with Gasteiger partial charge in [-0.3, -0.25) is 0 Å². The molecule has 2 unspecified atom stereocenters. The van der Waals surface area contributed by atoms with E-state index >= 15 is 0 Å². The molecule has 1 aromatic heterocycles. The molecule has 1 fully saturated rings. The minimum absolute atomic E-state index is 0.321. The molecule has 3 nitrogen and oxygen atoms in total. The molecule has 0 radical (unpaired) electrons. The Labute approximate surface area is 101 Å². The largest absolute Gasteiger partial charge is 0.334 e. The summed E-state index contributed by atoms with van der Waals surface area (Å²) in [5.74, 6) is 2.51. The number of nitrogens with two attached hydrogens (primary N) is 1. The molecule has 2 aliphatic rings. The molecule has 2 atom stereocenters. The number of imidazole rings is 1. The summed E-state index contributed by atoms with van der Waals surface area (Å²) in [5.41, 5.74) is 7.28. The van der Waals surface area contributed by atoms with Gasteiger partial charge in [-0.2, -0.15) is 11.8 Å². The SMILES string of the molecule is NC1CCn2cc(C3CCCCS3)nc2C1. The Bertz CT molecular complexity index is 368. The van der Waals surface area contributed by atoms with Crippen LogP contribution in [0.4, 0.5) is 0 Å². The van der Waals surface area contributed by atoms with E-state index in [1.54, 1.807) is 0 Å². The lowest BCUT2D eigenvalue weighted by Gasteiger charge is -2.19. The fourth-order valence-corrected chi connectivity index (χ4v) is 3.88. The monoisotopic (exact) mass is 237 g/mol. The highest BCUT2D eigenvalue weighted by molar-refractivity contribution is 7.99. The summed E-state index contributed by atoms with van der Waals surface area (Å²) < 4.78 is 2.31. The topological polar surface area (TPSA) is 43.8 Å². The van der Waals surface area contributed by atoms with Crippen molar-refractivity contribution >= 4 is 11.8 Å². The maximum absolute atomic E-state index is 5.98. The fourth-order valence-electron chi connectivity index (χ4n) is 2.60. The van der Waals surface area contributed by atoms with Crippen LogP contribution in [0.3, 0.4) is 0 Å². The third kappa shape index (κ3) is 2.00. The highest BCUT2D eigenvalue weighted by atomic mass is 32.2. The van der Waals surface area contributed by atoms with Gasteiger partial charge in [0, 0.05) is 30.5 Å². The second-order valence-electron chi connectivity index (χ2n) is 4.88. The third-order valence-electron chi connectivity index (χ3n) is 3.57. The van der Waals surface area contributed by atoms with E-state index in [0.717, 1.165) is 19.4 Å². The normalized spacial score (nSPS) is 30.1. The van der Waals surface area contributed by atoms with Crippen molar-refractivity contribution in [2.45, 2.75) is 49.9 Å². The third-order valence-corrected chi connectivity index (χ3v) is 4.98. The van der Waals surface area contributed by atoms with Crippen molar-refractivity contribution < 1.29 is 0 Å². The summed E-state index contributed by atoms with van der Waals surface area (Å²) in [6, 6.07) is 0.321. The summed E-state index contributed by atoms with van der Waals surface area (Å²) in [5, 5.41) is 0.642. The Balaban J connectivity index is 1.80. The lowest BCUT2D eigenvalue weighted by Crippen LogP contribution is -2.30. The van der Waals surface area contributed by atoms with E-state index in [0.29, 0.717) is 11.3 Å². The lowest BCUT2D eigenvalue weighted by atomic mass is 10.1. The van der Waals surface area contributed by atoms with Gasteiger partial charge in [-0.15, -0.1) is 0 Å². The standard InChI is InChI=1S/C12H19N3S/c13-9-4-5-15-8-10(14-12(15)7-9)11-3-1-2-6-16-11/h8-9,11H,1-7,13H2.